The van der Waals surface area contributed by atoms with Crippen molar-refractivity contribution in [1.82, 2.24) is 4.31 Å². The summed E-state index contributed by atoms with van der Waals surface area (Å²) < 4.78 is 35.6. The molecule has 0 aliphatic carbocycles. The van der Waals surface area contributed by atoms with Gasteiger partial charge in [-0.3, -0.25) is 4.79 Å². The zero-order chi connectivity index (χ0) is 20.0. The number of methoxy groups -OCH3 is 2. The molecule has 0 aliphatic heterocycles. The van der Waals surface area contributed by atoms with Crippen LogP contribution in [0.25, 0.3) is 0 Å². The van der Waals surface area contributed by atoms with Crippen molar-refractivity contribution in [3.05, 3.63) is 53.1 Å². The minimum atomic E-state index is -3.63. The number of rotatable bonds is 8. The Balaban J connectivity index is 2.16. The first kappa shape index (κ1) is 21.0. The third-order valence-corrected chi connectivity index (χ3v) is 5.34. The van der Waals surface area contributed by atoms with E-state index in [2.05, 4.69) is 5.32 Å². The van der Waals surface area contributed by atoms with E-state index in [-0.39, 0.29) is 13.1 Å². The molecule has 0 aromatic heterocycles. The van der Waals surface area contributed by atoms with E-state index in [1.165, 1.54) is 14.2 Å². The van der Waals surface area contributed by atoms with Gasteiger partial charge in [0.05, 0.1) is 32.7 Å². The Labute approximate surface area is 163 Å². The summed E-state index contributed by atoms with van der Waals surface area (Å²) in [5, 5.41) is 3.09. The highest BCUT2D eigenvalue weighted by atomic mass is 35.5. The van der Waals surface area contributed by atoms with E-state index in [1.807, 2.05) is 0 Å². The Morgan fingerprint density at radius 2 is 1.85 bits per heavy atom. The first-order valence-corrected chi connectivity index (χ1v) is 10.2. The smallest absolute Gasteiger partial charge is 0.239 e. The maximum atomic E-state index is 12.4. The van der Waals surface area contributed by atoms with Gasteiger partial charge < -0.3 is 14.8 Å². The van der Waals surface area contributed by atoms with Gasteiger partial charge in [-0.25, -0.2) is 8.42 Å². The van der Waals surface area contributed by atoms with Crippen molar-refractivity contribution in [2.24, 2.45) is 0 Å². The molecule has 0 aliphatic rings. The Morgan fingerprint density at radius 3 is 2.44 bits per heavy atom. The Kier molecular flexibility index (Phi) is 7.06. The number of carbonyl (C=O) groups excluding carboxylic acids is 1. The van der Waals surface area contributed by atoms with Crippen LogP contribution in [0, 0.1) is 0 Å². The van der Waals surface area contributed by atoms with Gasteiger partial charge in [0.1, 0.15) is 11.5 Å². The van der Waals surface area contributed by atoms with Crippen molar-refractivity contribution in [2.75, 3.05) is 32.3 Å². The summed E-state index contributed by atoms with van der Waals surface area (Å²) >= 11 is 6.10. The van der Waals surface area contributed by atoms with Crippen LogP contribution in [0.4, 0.5) is 5.69 Å². The second-order valence-electron chi connectivity index (χ2n) is 5.74. The predicted octanol–water partition coefficient (Wildman–Crippen LogP) is 2.76. The average molecular weight is 413 g/mol. The van der Waals surface area contributed by atoms with Crippen LogP contribution in [0.1, 0.15) is 5.56 Å². The van der Waals surface area contributed by atoms with E-state index >= 15 is 0 Å². The molecule has 0 radical (unpaired) electrons. The second kappa shape index (κ2) is 9.07. The van der Waals surface area contributed by atoms with E-state index in [0.29, 0.717) is 27.8 Å². The molecular weight excluding hydrogens is 392 g/mol. The maximum absolute atomic E-state index is 12.4. The fourth-order valence-electron chi connectivity index (χ4n) is 2.36. The van der Waals surface area contributed by atoms with Crippen molar-refractivity contribution in [3.8, 4) is 11.5 Å². The molecule has 0 heterocycles. The van der Waals surface area contributed by atoms with Gasteiger partial charge in [0.15, 0.2) is 0 Å². The molecule has 0 saturated heterocycles. The number of hydrogen-bond acceptors (Lipinski definition) is 5. The summed E-state index contributed by atoms with van der Waals surface area (Å²) in [4.78, 5) is 12.4. The zero-order valence-corrected chi connectivity index (χ0v) is 16.8. The highest BCUT2D eigenvalue weighted by Crippen LogP contribution is 2.29. The summed E-state index contributed by atoms with van der Waals surface area (Å²) in [6.45, 7) is -0.370. The van der Waals surface area contributed by atoms with Crippen LogP contribution in [-0.4, -0.2) is 45.7 Å². The minimum Gasteiger partial charge on any atom is -0.497 e. The highest BCUT2D eigenvalue weighted by Gasteiger charge is 2.22. The lowest BCUT2D eigenvalue weighted by Gasteiger charge is -2.20. The molecule has 0 fully saturated rings. The van der Waals surface area contributed by atoms with Crippen molar-refractivity contribution in [3.63, 3.8) is 0 Å². The summed E-state index contributed by atoms with van der Waals surface area (Å²) in [6, 6.07) is 11.8. The standard InChI is InChI=1S/C18H21ClN2O5S/c1-25-14-8-9-16(17(10-14)26-2)20-18(22)12-21(27(3,23)24)11-13-6-4-5-7-15(13)19/h4-10H,11-12H2,1-3H3,(H,20,22). The molecule has 0 spiro atoms. The molecule has 0 bridgehead atoms. The van der Waals surface area contributed by atoms with Crippen LogP contribution in [0.3, 0.4) is 0 Å². The van der Waals surface area contributed by atoms with Gasteiger partial charge >= 0.3 is 0 Å². The SMILES string of the molecule is COc1ccc(NC(=O)CN(Cc2ccccc2Cl)S(C)(=O)=O)c(OC)c1. The third kappa shape index (κ3) is 5.85. The lowest BCUT2D eigenvalue weighted by Crippen LogP contribution is -2.37. The molecule has 7 nitrogen and oxygen atoms in total. The van der Waals surface area contributed by atoms with E-state index in [4.69, 9.17) is 21.1 Å². The molecule has 27 heavy (non-hydrogen) atoms. The number of anilines is 1. The average Bonchev–Trinajstić information content (AvgIpc) is 2.62. The summed E-state index contributed by atoms with van der Waals surface area (Å²) in [5.74, 6) is 0.469. The summed E-state index contributed by atoms with van der Waals surface area (Å²) in [6.07, 6.45) is 1.05. The van der Waals surface area contributed by atoms with E-state index in [1.54, 1.807) is 42.5 Å². The van der Waals surface area contributed by atoms with Crippen LogP contribution >= 0.6 is 11.6 Å². The van der Waals surface area contributed by atoms with Crippen molar-refractivity contribution in [1.29, 1.82) is 0 Å². The molecular formula is C18H21ClN2O5S. The first-order chi connectivity index (χ1) is 12.7. The summed E-state index contributed by atoms with van der Waals surface area (Å²) in [7, 11) is -0.648. The topological polar surface area (TPSA) is 84.9 Å². The quantitative estimate of drug-likeness (QED) is 0.720. The molecule has 0 saturated carbocycles. The monoisotopic (exact) mass is 412 g/mol. The number of halogens is 1. The van der Waals surface area contributed by atoms with Crippen molar-refractivity contribution in [2.45, 2.75) is 6.54 Å². The molecule has 2 aromatic rings. The molecule has 1 N–H and O–H groups in total. The second-order valence-corrected chi connectivity index (χ2v) is 8.13. The number of amides is 1. The molecule has 9 heteroatoms. The van der Waals surface area contributed by atoms with E-state index in [9.17, 15) is 13.2 Å². The zero-order valence-electron chi connectivity index (χ0n) is 15.2. The van der Waals surface area contributed by atoms with E-state index < -0.39 is 15.9 Å². The minimum absolute atomic E-state index is 0.00826. The normalized spacial score (nSPS) is 11.3. The molecule has 0 unspecified atom stereocenters. The molecule has 1 amide bonds. The van der Waals surface area contributed by atoms with Crippen molar-refractivity contribution >= 4 is 33.2 Å². The fourth-order valence-corrected chi connectivity index (χ4v) is 3.28. The number of benzene rings is 2. The number of nitrogens with zero attached hydrogens (tertiary/aromatic N) is 1. The largest absolute Gasteiger partial charge is 0.497 e. The van der Waals surface area contributed by atoms with Gasteiger partial charge in [-0.05, 0) is 23.8 Å². The summed E-state index contributed by atoms with van der Waals surface area (Å²) in [5.41, 5.74) is 1.02. The Morgan fingerprint density at radius 1 is 1.15 bits per heavy atom. The van der Waals surface area contributed by atoms with Crippen molar-refractivity contribution < 1.29 is 22.7 Å². The first-order valence-electron chi connectivity index (χ1n) is 7.95. The van der Waals surface area contributed by atoms with Crippen LogP contribution in [0.5, 0.6) is 11.5 Å². The number of carbonyl (C=O) groups is 1. The lowest BCUT2D eigenvalue weighted by atomic mass is 10.2. The molecule has 2 rings (SSSR count). The fraction of sp³-hybridized carbons (Fsp3) is 0.278. The van der Waals surface area contributed by atoms with Gasteiger partial charge in [-0.15, -0.1) is 0 Å². The third-order valence-electron chi connectivity index (χ3n) is 3.78. The van der Waals surface area contributed by atoms with Crippen LogP contribution in [0.15, 0.2) is 42.5 Å². The van der Waals surface area contributed by atoms with Gasteiger partial charge in [0, 0.05) is 17.6 Å². The highest BCUT2D eigenvalue weighted by molar-refractivity contribution is 7.88. The van der Waals surface area contributed by atoms with Gasteiger partial charge in [0.25, 0.3) is 0 Å². The lowest BCUT2D eigenvalue weighted by molar-refractivity contribution is -0.116. The number of sulfonamides is 1. The number of hydrogen-bond donors (Lipinski definition) is 1. The molecule has 0 atom stereocenters. The van der Waals surface area contributed by atoms with Gasteiger partial charge in [0.2, 0.25) is 15.9 Å². The van der Waals surface area contributed by atoms with Crippen LogP contribution in [-0.2, 0) is 21.4 Å². The van der Waals surface area contributed by atoms with Crippen LogP contribution in [0.2, 0.25) is 5.02 Å². The number of nitrogens with one attached hydrogen (secondary N) is 1. The van der Waals surface area contributed by atoms with E-state index in [0.717, 1.165) is 10.6 Å². The maximum Gasteiger partial charge on any atom is 0.239 e. The molecule has 2 aromatic carbocycles. The number of ether oxygens (including phenoxy) is 2. The Bertz CT molecular complexity index is 918. The Hall–Kier alpha value is -2.29. The van der Waals surface area contributed by atoms with Crippen LogP contribution < -0.4 is 14.8 Å². The van der Waals surface area contributed by atoms with Gasteiger partial charge in [-0.2, -0.15) is 4.31 Å². The predicted molar refractivity (Wildman–Crippen MR) is 105 cm³/mol. The molecule has 146 valence electrons. The van der Waals surface area contributed by atoms with Gasteiger partial charge in [-0.1, -0.05) is 29.8 Å².